The second-order valence-corrected chi connectivity index (χ2v) is 8.10. The largest absolute Gasteiger partial charge is 0.495 e. The van der Waals surface area contributed by atoms with Gasteiger partial charge in [-0.05, 0) is 36.8 Å². The molecule has 3 aromatic rings. The van der Waals surface area contributed by atoms with Crippen molar-refractivity contribution in [3.63, 3.8) is 0 Å². The molecule has 0 unspecified atom stereocenters. The molecule has 0 amide bonds. The van der Waals surface area contributed by atoms with Gasteiger partial charge in [0.05, 0.1) is 29.9 Å². The Bertz CT molecular complexity index is 1130. The molecule has 1 heterocycles. The summed E-state index contributed by atoms with van der Waals surface area (Å²) in [6.45, 7) is 1.98. The number of hydrogen-bond acceptors (Lipinski definition) is 7. The van der Waals surface area contributed by atoms with Gasteiger partial charge in [-0.25, -0.2) is 4.79 Å². The number of anilines is 2. The summed E-state index contributed by atoms with van der Waals surface area (Å²) in [5.41, 5.74) is 1.71. The van der Waals surface area contributed by atoms with E-state index in [1.807, 2.05) is 30.3 Å². The first-order valence-electron chi connectivity index (χ1n) is 9.65. The predicted octanol–water partition coefficient (Wildman–Crippen LogP) is 5.24. The molecule has 10 heteroatoms. The third-order valence-electron chi connectivity index (χ3n) is 4.37. The molecule has 3 rings (SSSR count). The number of hydrogen-bond donors (Lipinski definition) is 2. The second kappa shape index (κ2) is 10.7. The van der Waals surface area contributed by atoms with E-state index >= 15 is 0 Å². The Morgan fingerprint density at radius 2 is 1.91 bits per heavy atom. The van der Waals surface area contributed by atoms with Crippen LogP contribution < -0.4 is 15.4 Å². The topological polar surface area (TPSA) is 103 Å². The molecule has 0 saturated heterocycles. The van der Waals surface area contributed by atoms with Gasteiger partial charge >= 0.3 is 5.97 Å². The van der Waals surface area contributed by atoms with E-state index in [2.05, 4.69) is 10.6 Å². The SMILES string of the molecule is CCOC(=O)c1cc(Cc2ccccc2)sc1NC(=S)Nc1cc([N+](=O)[O-])ccc1OC. The zero-order valence-electron chi connectivity index (χ0n) is 17.4. The van der Waals surface area contributed by atoms with Crippen LogP contribution in [0.4, 0.5) is 16.4 Å². The molecular formula is C22H21N3O5S2. The van der Waals surface area contributed by atoms with Crippen LogP contribution in [0.15, 0.2) is 54.6 Å². The summed E-state index contributed by atoms with van der Waals surface area (Å²) in [4.78, 5) is 24.0. The van der Waals surface area contributed by atoms with Crippen LogP contribution in [0.3, 0.4) is 0 Å². The molecule has 0 aliphatic carbocycles. The molecule has 166 valence electrons. The van der Waals surface area contributed by atoms with E-state index in [1.165, 1.54) is 36.6 Å². The Morgan fingerprint density at radius 3 is 2.56 bits per heavy atom. The number of carbonyl (C=O) groups excluding carboxylic acids is 1. The molecule has 2 aromatic carbocycles. The minimum Gasteiger partial charge on any atom is -0.495 e. The molecule has 8 nitrogen and oxygen atoms in total. The Morgan fingerprint density at radius 1 is 1.16 bits per heavy atom. The lowest BCUT2D eigenvalue weighted by Crippen LogP contribution is -2.20. The number of nitro groups is 1. The van der Waals surface area contributed by atoms with Crippen molar-refractivity contribution in [2.24, 2.45) is 0 Å². The van der Waals surface area contributed by atoms with E-state index < -0.39 is 10.9 Å². The lowest BCUT2D eigenvalue weighted by molar-refractivity contribution is -0.384. The minimum absolute atomic E-state index is 0.107. The molecule has 2 N–H and O–H groups in total. The number of methoxy groups -OCH3 is 1. The van der Waals surface area contributed by atoms with Crippen molar-refractivity contribution in [3.05, 3.63) is 80.7 Å². The fourth-order valence-corrected chi connectivity index (χ4v) is 4.30. The van der Waals surface area contributed by atoms with Crippen LogP contribution in [0.2, 0.25) is 0 Å². The van der Waals surface area contributed by atoms with Crippen LogP contribution >= 0.6 is 23.6 Å². The van der Waals surface area contributed by atoms with E-state index in [0.29, 0.717) is 28.4 Å². The molecular weight excluding hydrogens is 450 g/mol. The van der Waals surface area contributed by atoms with Crippen molar-refractivity contribution in [1.82, 2.24) is 0 Å². The number of rotatable bonds is 8. The van der Waals surface area contributed by atoms with E-state index in [9.17, 15) is 14.9 Å². The van der Waals surface area contributed by atoms with Crippen molar-refractivity contribution in [2.45, 2.75) is 13.3 Å². The molecule has 0 bridgehead atoms. The summed E-state index contributed by atoms with van der Waals surface area (Å²) < 4.78 is 10.4. The Balaban J connectivity index is 1.83. The summed E-state index contributed by atoms with van der Waals surface area (Å²) >= 11 is 6.78. The van der Waals surface area contributed by atoms with Gasteiger partial charge in [-0.3, -0.25) is 10.1 Å². The van der Waals surface area contributed by atoms with Gasteiger partial charge in [0.25, 0.3) is 5.69 Å². The highest BCUT2D eigenvalue weighted by atomic mass is 32.1. The quantitative estimate of drug-likeness (QED) is 0.199. The van der Waals surface area contributed by atoms with Crippen molar-refractivity contribution in [1.29, 1.82) is 0 Å². The van der Waals surface area contributed by atoms with Crippen LogP contribution in [0.1, 0.15) is 27.7 Å². The minimum atomic E-state index is -0.505. The van der Waals surface area contributed by atoms with Crippen LogP contribution in [0.5, 0.6) is 5.75 Å². The first kappa shape index (κ1) is 23.2. The lowest BCUT2D eigenvalue weighted by atomic mass is 10.1. The monoisotopic (exact) mass is 471 g/mol. The lowest BCUT2D eigenvalue weighted by Gasteiger charge is -2.13. The Hall–Kier alpha value is -3.50. The van der Waals surface area contributed by atoms with Gasteiger partial charge in [-0.15, -0.1) is 11.3 Å². The van der Waals surface area contributed by atoms with Gasteiger partial charge in [0, 0.05) is 23.4 Å². The Kier molecular flexibility index (Phi) is 7.74. The molecule has 32 heavy (non-hydrogen) atoms. The highest BCUT2D eigenvalue weighted by molar-refractivity contribution is 7.80. The predicted molar refractivity (Wildman–Crippen MR) is 129 cm³/mol. The molecule has 0 spiro atoms. The van der Waals surface area contributed by atoms with Crippen LogP contribution in [0, 0.1) is 10.1 Å². The van der Waals surface area contributed by atoms with Gasteiger partial charge in [0.2, 0.25) is 0 Å². The fourth-order valence-electron chi connectivity index (χ4n) is 2.94. The molecule has 1 aromatic heterocycles. The number of carbonyl (C=O) groups is 1. The van der Waals surface area contributed by atoms with E-state index in [-0.39, 0.29) is 17.4 Å². The number of nitrogens with zero attached hydrogens (tertiary/aromatic N) is 1. The van der Waals surface area contributed by atoms with E-state index in [4.69, 9.17) is 21.7 Å². The number of benzene rings is 2. The van der Waals surface area contributed by atoms with Gasteiger partial charge in [0.1, 0.15) is 10.8 Å². The average molecular weight is 472 g/mol. The average Bonchev–Trinajstić information content (AvgIpc) is 3.16. The number of nitro benzene ring substituents is 1. The highest BCUT2D eigenvalue weighted by Crippen LogP contribution is 2.32. The Labute approximate surface area is 194 Å². The third kappa shape index (κ3) is 5.80. The molecule has 0 aliphatic rings. The van der Waals surface area contributed by atoms with Gasteiger partial charge in [-0.1, -0.05) is 30.3 Å². The number of esters is 1. The number of thiocarbonyl (C=S) groups is 1. The zero-order chi connectivity index (χ0) is 23.1. The number of non-ortho nitro benzene ring substituents is 1. The summed E-state index contributed by atoms with van der Waals surface area (Å²) in [6, 6.07) is 15.8. The molecule has 0 aliphatic heterocycles. The first-order valence-corrected chi connectivity index (χ1v) is 10.9. The molecule has 0 radical (unpaired) electrons. The number of nitrogens with one attached hydrogen (secondary N) is 2. The maximum atomic E-state index is 12.5. The number of ether oxygens (including phenoxy) is 2. The first-order chi connectivity index (χ1) is 15.4. The summed E-state index contributed by atoms with van der Waals surface area (Å²) in [6.07, 6.45) is 0.651. The van der Waals surface area contributed by atoms with E-state index in [0.717, 1.165) is 10.4 Å². The van der Waals surface area contributed by atoms with Gasteiger partial charge in [0.15, 0.2) is 5.11 Å². The maximum absolute atomic E-state index is 12.5. The van der Waals surface area contributed by atoms with Crippen LogP contribution in [0.25, 0.3) is 0 Å². The normalized spacial score (nSPS) is 10.3. The summed E-state index contributed by atoms with van der Waals surface area (Å²) in [5, 5.41) is 17.7. The zero-order valence-corrected chi connectivity index (χ0v) is 19.0. The standard InChI is InChI=1S/C22H21N3O5S2/c1-3-30-21(26)17-13-16(11-14-7-5-4-6-8-14)32-20(17)24-22(31)23-18-12-15(25(27)28)9-10-19(18)29-2/h4-10,12-13H,3,11H2,1-2H3,(H2,23,24,31). The summed E-state index contributed by atoms with van der Waals surface area (Å²) in [5.74, 6) is -0.0670. The van der Waals surface area contributed by atoms with Gasteiger partial charge in [-0.2, -0.15) is 0 Å². The van der Waals surface area contributed by atoms with Crippen molar-refractivity contribution >= 4 is 51.0 Å². The molecule has 0 fully saturated rings. The van der Waals surface area contributed by atoms with Crippen molar-refractivity contribution in [3.8, 4) is 5.75 Å². The maximum Gasteiger partial charge on any atom is 0.341 e. The fraction of sp³-hybridized carbons (Fsp3) is 0.182. The van der Waals surface area contributed by atoms with E-state index in [1.54, 1.807) is 13.0 Å². The smallest absolute Gasteiger partial charge is 0.341 e. The second-order valence-electron chi connectivity index (χ2n) is 6.56. The van der Waals surface area contributed by atoms with Crippen molar-refractivity contribution in [2.75, 3.05) is 24.4 Å². The highest BCUT2D eigenvalue weighted by Gasteiger charge is 2.19. The molecule has 0 saturated carbocycles. The third-order valence-corrected chi connectivity index (χ3v) is 5.62. The van der Waals surface area contributed by atoms with Gasteiger partial charge < -0.3 is 20.1 Å². The summed E-state index contributed by atoms with van der Waals surface area (Å²) in [7, 11) is 1.46. The number of thiophene rings is 1. The van der Waals surface area contributed by atoms with Crippen LogP contribution in [-0.2, 0) is 11.2 Å². The molecule has 0 atom stereocenters. The van der Waals surface area contributed by atoms with Crippen molar-refractivity contribution < 1.29 is 19.2 Å². The van der Waals surface area contributed by atoms with Crippen LogP contribution in [-0.4, -0.2) is 29.7 Å².